The van der Waals surface area contributed by atoms with E-state index in [0.717, 1.165) is 17.3 Å². The van der Waals surface area contributed by atoms with Crippen molar-refractivity contribution >= 4 is 29.5 Å². The molecule has 2 N–H and O–H groups in total. The molecule has 0 saturated heterocycles. The molecule has 0 aliphatic carbocycles. The topological polar surface area (TPSA) is 140 Å². The minimum Gasteiger partial charge on any atom is -0.493 e. The molecule has 0 radical (unpaired) electrons. The maximum absolute atomic E-state index is 11.8. The number of aromatic nitrogens is 3. The number of nitrogens with one attached hydrogen (secondary N) is 1. The van der Waals surface area contributed by atoms with Gasteiger partial charge in [-0.15, -0.1) is 5.10 Å². The molecule has 0 saturated carbocycles. The summed E-state index contributed by atoms with van der Waals surface area (Å²) in [7, 11) is 1.40. The molecule has 3 aromatic rings. The lowest BCUT2D eigenvalue weighted by Gasteiger charge is -2.12. The third kappa shape index (κ3) is 5.64. The van der Waals surface area contributed by atoms with Crippen LogP contribution in [0.1, 0.15) is 23.9 Å². The van der Waals surface area contributed by atoms with E-state index in [1.54, 1.807) is 0 Å². The Kier molecular flexibility index (Phi) is 7.45. The van der Waals surface area contributed by atoms with Crippen LogP contribution in [-0.4, -0.2) is 38.3 Å². The second-order valence-corrected chi connectivity index (χ2v) is 7.44. The minimum atomic E-state index is -1.27. The van der Waals surface area contributed by atoms with E-state index in [0.29, 0.717) is 12.2 Å². The Balaban J connectivity index is 1.96. The van der Waals surface area contributed by atoms with Gasteiger partial charge in [-0.2, -0.15) is 0 Å². The zero-order valence-corrected chi connectivity index (χ0v) is 18.1. The summed E-state index contributed by atoms with van der Waals surface area (Å²) in [6.45, 7) is 2.06. The molecule has 0 fully saturated rings. The van der Waals surface area contributed by atoms with Crippen LogP contribution in [0.2, 0.25) is 0 Å². The van der Waals surface area contributed by atoms with Gasteiger partial charge in [0.2, 0.25) is 5.16 Å². The van der Waals surface area contributed by atoms with Gasteiger partial charge in [0, 0.05) is 6.42 Å². The number of methoxy groups -OCH3 is 1. The summed E-state index contributed by atoms with van der Waals surface area (Å²) in [5.41, 5.74) is 0.608. The minimum absolute atomic E-state index is 0.0510. The number of benzene rings is 2. The lowest BCUT2D eigenvalue weighted by atomic mass is 10.1. The molecule has 166 valence electrons. The summed E-state index contributed by atoms with van der Waals surface area (Å²) in [6, 6.07) is 11.9. The molecule has 11 heteroatoms. The summed E-state index contributed by atoms with van der Waals surface area (Å²) < 4.78 is 11.1. The van der Waals surface area contributed by atoms with Gasteiger partial charge < -0.3 is 14.6 Å². The number of aromatic amines is 1. The number of carboxylic acids is 1. The van der Waals surface area contributed by atoms with Crippen LogP contribution in [0, 0.1) is 10.1 Å². The molecule has 0 aliphatic rings. The van der Waals surface area contributed by atoms with E-state index < -0.39 is 10.9 Å². The molecule has 0 unspecified atom stereocenters. The standard InChI is InChI=1S/C21H20N4O6S/c1-3-19-22-21(24-23-19)32-18(20(26)27)10-14-9-16(30-2)17(11-15(14)25(28)29)31-12-13-7-5-4-6-8-13/h4-11H,3,12H2,1-2H3,(H,26,27)(H,22,23,24)/b18-10-. The molecular formula is C21H20N4O6S. The molecule has 1 aromatic heterocycles. The van der Waals surface area contributed by atoms with Gasteiger partial charge in [0.25, 0.3) is 5.69 Å². The van der Waals surface area contributed by atoms with Crippen LogP contribution in [0.25, 0.3) is 6.08 Å². The number of nitrogens with zero attached hydrogens (tertiary/aromatic N) is 3. The van der Waals surface area contributed by atoms with Crippen LogP contribution in [-0.2, 0) is 17.8 Å². The molecule has 2 aromatic carbocycles. The molecular weight excluding hydrogens is 436 g/mol. The average Bonchev–Trinajstić information content (AvgIpc) is 3.25. The number of H-pyrrole nitrogens is 1. The monoisotopic (exact) mass is 456 g/mol. The number of aliphatic carboxylic acids is 1. The lowest BCUT2D eigenvalue weighted by Crippen LogP contribution is -2.02. The molecule has 32 heavy (non-hydrogen) atoms. The molecule has 0 aliphatic heterocycles. The van der Waals surface area contributed by atoms with Gasteiger partial charge in [-0.05, 0) is 29.5 Å². The van der Waals surface area contributed by atoms with Crippen molar-refractivity contribution in [2.75, 3.05) is 7.11 Å². The largest absolute Gasteiger partial charge is 0.493 e. The van der Waals surface area contributed by atoms with Crippen molar-refractivity contribution in [3.8, 4) is 11.5 Å². The van der Waals surface area contributed by atoms with E-state index in [9.17, 15) is 20.0 Å². The zero-order chi connectivity index (χ0) is 23.1. The Morgan fingerprint density at radius 2 is 2.03 bits per heavy atom. The lowest BCUT2D eigenvalue weighted by molar-refractivity contribution is -0.385. The molecule has 0 bridgehead atoms. The summed E-state index contributed by atoms with van der Waals surface area (Å²) in [5, 5.41) is 28.2. The normalized spacial score (nSPS) is 11.2. The first-order valence-electron chi connectivity index (χ1n) is 9.48. The first-order valence-corrected chi connectivity index (χ1v) is 10.3. The average molecular weight is 456 g/mol. The number of ether oxygens (including phenoxy) is 2. The van der Waals surface area contributed by atoms with Crippen molar-refractivity contribution in [2.45, 2.75) is 25.1 Å². The van der Waals surface area contributed by atoms with Gasteiger partial charge >= 0.3 is 5.97 Å². The van der Waals surface area contributed by atoms with Crippen LogP contribution in [0.4, 0.5) is 5.69 Å². The highest BCUT2D eigenvalue weighted by Gasteiger charge is 2.22. The van der Waals surface area contributed by atoms with Gasteiger partial charge in [-0.25, -0.2) is 9.78 Å². The first kappa shape index (κ1) is 22.8. The van der Waals surface area contributed by atoms with Crippen LogP contribution in [0.3, 0.4) is 0 Å². The molecule has 0 atom stereocenters. The van der Waals surface area contributed by atoms with Crippen LogP contribution in [0.15, 0.2) is 52.5 Å². The number of carbonyl (C=O) groups is 1. The van der Waals surface area contributed by atoms with E-state index in [2.05, 4.69) is 15.2 Å². The second-order valence-electron chi connectivity index (χ2n) is 6.43. The van der Waals surface area contributed by atoms with Crippen molar-refractivity contribution in [3.05, 3.63) is 74.4 Å². The molecule has 10 nitrogen and oxygen atoms in total. The fraction of sp³-hybridized carbons (Fsp3) is 0.190. The number of hydrogen-bond acceptors (Lipinski definition) is 8. The Bertz CT molecular complexity index is 1150. The summed E-state index contributed by atoms with van der Waals surface area (Å²) in [6.07, 6.45) is 1.80. The van der Waals surface area contributed by atoms with E-state index in [1.807, 2.05) is 37.3 Å². The number of rotatable bonds is 10. The van der Waals surface area contributed by atoms with E-state index >= 15 is 0 Å². The highest BCUT2D eigenvalue weighted by Crippen LogP contribution is 2.37. The van der Waals surface area contributed by atoms with E-state index in [4.69, 9.17) is 9.47 Å². The van der Waals surface area contributed by atoms with Crippen LogP contribution < -0.4 is 9.47 Å². The fourth-order valence-corrected chi connectivity index (χ4v) is 3.42. The maximum atomic E-state index is 11.8. The SMILES string of the molecule is CCc1nc(S/C(=C\c2cc(OC)c(OCc3ccccc3)cc2[N+](=O)[O-])C(=O)O)n[nH]1. The van der Waals surface area contributed by atoms with E-state index in [-0.39, 0.29) is 39.4 Å². The first-order chi connectivity index (χ1) is 15.4. The van der Waals surface area contributed by atoms with Gasteiger partial charge in [-0.3, -0.25) is 15.2 Å². The predicted molar refractivity (Wildman–Crippen MR) is 118 cm³/mol. The Labute approximate surface area is 187 Å². The quantitative estimate of drug-likeness (QED) is 0.200. The zero-order valence-electron chi connectivity index (χ0n) is 17.3. The van der Waals surface area contributed by atoms with Crippen molar-refractivity contribution < 1.29 is 24.3 Å². The molecule has 1 heterocycles. The Morgan fingerprint density at radius 1 is 1.28 bits per heavy atom. The van der Waals surface area contributed by atoms with Crippen LogP contribution >= 0.6 is 11.8 Å². The highest BCUT2D eigenvalue weighted by atomic mass is 32.2. The van der Waals surface area contributed by atoms with Crippen molar-refractivity contribution in [3.63, 3.8) is 0 Å². The van der Waals surface area contributed by atoms with Gasteiger partial charge in [0.05, 0.1) is 23.7 Å². The van der Waals surface area contributed by atoms with Crippen molar-refractivity contribution in [2.24, 2.45) is 0 Å². The number of hydrogen-bond donors (Lipinski definition) is 2. The highest BCUT2D eigenvalue weighted by molar-refractivity contribution is 8.04. The van der Waals surface area contributed by atoms with Crippen LogP contribution in [0.5, 0.6) is 11.5 Å². The van der Waals surface area contributed by atoms with E-state index in [1.165, 1.54) is 25.3 Å². The Morgan fingerprint density at radius 3 is 2.62 bits per heavy atom. The third-order valence-corrected chi connectivity index (χ3v) is 5.17. The number of nitro benzene ring substituents is 1. The maximum Gasteiger partial charge on any atom is 0.342 e. The molecule has 0 spiro atoms. The Hall–Kier alpha value is -3.86. The summed E-state index contributed by atoms with van der Waals surface area (Å²) in [4.78, 5) is 26.8. The van der Waals surface area contributed by atoms with Gasteiger partial charge in [0.15, 0.2) is 11.5 Å². The van der Waals surface area contributed by atoms with Gasteiger partial charge in [-0.1, -0.05) is 37.3 Å². The smallest absolute Gasteiger partial charge is 0.342 e. The summed E-state index contributed by atoms with van der Waals surface area (Å²) >= 11 is 0.787. The summed E-state index contributed by atoms with van der Waals surface area (Å²) in [5.74, 6) is -0.259. The fourth-order valence-electron chi connectivity index (χ4n) is 2.70. The molecule has 0 amide bonds. The van der Waals surface area contributed by atoms with Crippen molar-refractivity contribution in [1.29, 1.82) is 0 Å². The number of aryl methyl sites for hydroxylation is 1. The van der Waals surface area contributed by atoms with Crippen molar-refractivity contribution in [1.82, 2.24) is 15.2 Å². The second kappa shape index (κ2) is 10.4. The number of thioether (sulfide) groups is 1. The van der Waals surface area contributed by atoms with Gasteiger partial charge in [0.1, 0.15) is 17.3 Å². The third-order valence-electron chi connectivity index (χ3n) is 4.29. The number of carboxylic acid groups (broad SMARTS) is 1. The molecule has 3 rings (SSSR count). The predicted octanol–water partition coefficient (Wildman–Crippen LogP) is 4.08. The number of nitro groups is 1.